The average molecular weight is 281 g/mol. The van der Waals surface area contributed by atoms with E-state index in [9.17, 15) is 4.79 Å². The van der Waals surface area contributed by atoms with Gasteiger partial charge in [-0.25, -0.2) is 0 Å². The van der Waals surface area contributed by atoms with Crippen LogP contribution in [-0.2, 0) is 11.2 Å². The van der Waals surface area contributed by atoms with E-state index in [2.05, 4.69) is 23.7 Å². The fourth-order valence-electron chi connectivity index (χ4n) is 2.41. The highest BCUT2D eigenvalue weighted by Crippen LogP contribution is 2.33. The van der Waals surface area contributed by atoms with Crippen LogP contribution in [0.2, 0.25) is 0 Å². The van der Waals surface area contributed by atoms with Gasteiger partial charge < -0.3 is 10.4 Å². The van der Waals surface area contributed by atoms with E-state index in [0.29, 0.717) is 18.8 Å². The molecule has 1 saturated carbocycles. The molecule has 1 amide bonds. The minimum atomic E-state index is 0.138. The van der Waals surface area contributed by atoms with Crippen molar-refractivity contribution in [3.8, 4) is 0 Å². The highest BCUT2D eigenvalue weighted by Gasteiger charge is 2.31. The van der Waals surface area contributed by atoms with Crippen LogP contribution in [-0.4, -0.2) is 23.7 Å². The summed E-state index contributed by atoms with van der Waals surface area (Å²) in [6.45, 7) is 2.28. The summed E-state index contributed by atoms with van der Waals surface area (Å²) >= 11 is 1.77. The van der Waals surface area contributed by atoms with Gasteiger partial charge in [0, 0.05) is 23.9 Å². The van der Waals surface area contributed by atoms with Gasteiger partial charge in [-0.1, -0.05) is 0 Å². The third-order valence-corrected chi connectivity index (χ3v) is 4.84. The number of aryl methyl sites for hydroxylation is 2. The van der Waals surface area contributed by atoms with E-state index in [0.717, 1.165) is 12.8 Å². The minimum absolute atomic E-state index is 0.138. The molecular formula is C15H23NO2S. The van der Waals surface area contributed by atoms with Gasteiger partial charge in [-0.15, -0.1) is 11.3 Å². The number of hydrogen-bond donors (Lipinski definition) is 2. The maximum absolute atomic E-state index is 11.9. The number of carbonyl (C=O) groups is 1. The largest absolute Gasteiger partial charge is 0.396 e. The molecule has 0 spiro atoms. The Labute approximate surface area is 119 Å². The second-order valence-electron chi connectivity index (χ2n) is 5.40. The number of amides is 1. The van der Waals surface area contributed by atoms with Crippen molar-refractivity contribution in [2.75, 3.05) is 6.61 Å². The molecule has 1 aliphatic rings. The number of thiophene rings is 1. The van der Waals surface area contributed by atoms with Gasteiger partial charge in [-0.3, -0.25) is 4.79 Å². The fraction of sp³-hybridized carbons (Fsp3) is 0.667. The number of aliphatic hydroxyl groups is 1. The Bertz CT molecular complexity index is 412. The first-order chi connectivity index (χ1) is 9.20. The third kappa shape index (κ3) is 4.62. The Hall–Kier alpha value is -0.870. The molecule has 0 aliphatic heterocycles. The normalized spacial score (nSPS) is 16.3. The maximum Gasteiger partial charge on any atom is 0.220 e. The van der Waals surface area contributed by atoms with Crippen molar-refractivity contribution in [3.63, 3.8) is 0 Å². The van der Waals surface area contributed by atoms with Gasteiger partial charge in [-0.2, -0.15) is 0 Å². The number of carbonyl (C=O) groups excluding carboxylic acids is 1. The first-order valence-electron chi connectivity index (χ1n) is 7.14. The second kappa shape index (κ2) is 7.06. The molecule has 1 aromatic rings. The van der Waals surface area contributed by atoms with E-state index in [-0.39, 0.29) is 18.6 Å². The van der Waals surface area contributed by atoms with E-state index < -0.39 is 0 Å². The molecule has 0 bridgehead atoms. The molecule has 2 rings (SSSR count). The van der Waals surface area contributed by atoms with Crippen molar-refractivity contribution in [2.24, 2.45) is 5.92 Å². The Morgan fingerprint density at radius 1 is 1.58 bits per heavy atom. The van der Waals surface area contributed by atoms with E-state index in [4.69, 9.17) is 5.11 Å². The molecule has 0 aromatic carbocycles. The molecule has 1 fully saturated rings. The Balaban J connectivity index is 1.67. The SMILES string of the molecule is Cc1ccsc1CCCC(=O)NC(CCO)C1CC1. The number of nitrogens with one attached hydrogen (secondary N) is 1. The zero-order valence-electron chi connectivity index (χ0n) is 11.5. The smallest absolute Gasteiger partial charge is 0.220 e. The zero-order chi connectivity index (χ0) is 13.7. The Morgan fingerprint density at radius 2 is 2.37 bits per heavy atom. The number of rotatable bonds is 8. The first-order valence-corrected chi connectivity index (χ1v) is 8.02. The molecule has 1 atom stereocenters. The predicted octanol–water partition coefficient (Wildman–Crippen LogP) is 2.66. The van der Waals surface area contributed by atoms with Crippen LogP contribution >= 0.6 is 11.3 Å². The molecular weight excluding hydrogens is 258 g/mol. The molecule has 1 heterocycles. The summed E-state index contributed by atoms with van der Waals surface area (Å²) < 4.78 is 0. The summed E-state index contributed by atoms with van der Waals surface area (Å²) in [7, 11) is 0. The van der Waals surface area contributed by atoms with Crippen molar-refractivity contribution in [1.29, 1.82) is 0 Å². The quantitative estimate of drug-likeness (QED) is 0.769. The van der Waals surface area contributed by atoms with Crippen molar-refractivity contribution >= 4 is 17.2 Å². The summed E-state index contributed by atoms with van der Waals surface area (Å²) in [6.07, 6.45) is 5.57. The lowest BCUT2D eigenvalue weighted by atomic mass is 10.1. The lowest BCUT2D eigenvalue weighted by Gasteiger charge is -2.17. The van der Waals surface area contributed by atoms with Crippen LogP contribution in [0.1, 0.15) is 42.5 Å². The van der Waals surface area contributed by atoms with Crippen LogP contribution in [0, 0.1) is 12.8 Å². The molecule has 0 saturated heterocycles. The lowest BCUT2D eigenvalue weighted by molar-refractivity contribution is -0.122. The van der Waals surface area contributed by atoms with Crippen LogP contribution in [0.4, 0.5) is 0 Å². The van der Waals surface area contributed by atoms with Crippen LogP contribution in [0.25, 0.3) is 0 Å². The van der Waals surface area contributed by atoms with Crippen molar-refractivity contribution in [3.05, 3.63) is 21.9 Å². The highest BCUT2D eigenvalue weighted by atomic mass is 32.1. The molecule has 0 radical (unpaired) electrons. The van der Waals surface area contributed by atoms with Crippen LogP contribution in [0.3, 0.4) is 0 Å². The van der Waals surface area contributed by atoms with Gasteiger partial charge in [0.2, 0.25) is 5.91 Å². The standard InChI is InChI=1S/C15H23NO2S/c1-11-8-10-19-14(11)3-2-4-15(18)16-13(7-9-17)12-5-6-12/h8,10,12-13,17H,2-7,9H2,1H3,(H,16,18). The van der Waals surface area contributed by atoms with Crippen LogP contribution < -0.4 is 5.32 Å². The summed E-state index contributed by atoms with van der Waals surface area (Å²) in [5.74, 6) is 0.746. The minimum Gasteiger partial charge on any atom is -0.396 e. The van der Waals surface area contributed by atoms with Gasteiger partial charge in [0.15, 0.2) is 0 Å². The second-order valence-corrected chi connectivity index (χ2v) is 6.40. The highest BCUT2D eigenvalue weighted by molar-refractivity contribution is 7.10. The fourth-order valence-corrected chi connectivity index (χ4v) is 3.36. The topological polar surface area (TPSA) is 49.3 Å². The Morgan fingerprint density at radius 3 is 2.95 bits per heavy atom. The van der Waals surface area contributed by atoms with E-state index in [1.54, 1.807) is 11.3 Å². The number of aliphatic hydroxyl groups excluding tert-OH is 1. The van der Waals surface area contributed by atoms with Crippen molar-refractivity contribution in [1.82, 2.24) is 5.32 Å². The van der Waals surface area contributed by atoms with Gasteiger partial charge in [-0.05, 0) is 62.0 Å². The van der Waals surface area contributed by atoms with E-state index in [1.165, 1.54) is 23.3 Å². The summed E-state index contributed by atoms with van der Waals surface area (Å²) in [6, 6.07) is 2.32. The Kier molecular flexibility index (Phi) is 5.40. The number of hydrogen-bond acceptors (Lipinski definition) is 3. The molecule has 1 aromatic heterocycles. The van der Waals surface area contributed by atoms with Gasteiger partial charge >= 0.3 is 0 Å². The van der Waals surface area contributed by atoms with Gasteiger partial charge in [0.05, 0.1) is 0 Å². The summed E-state index contributed by atoms with van der Waals surface area (Å²) in [5, 5.41) is 14.2. The molecule has 1 unspecified atom stereocenters. The molecule has 1 aliphatic carbocycles. The van der Waals surface area contributed by atoms with E-state index in [1.807, 2.05) is 0 Å². The first kappa shape index (κ1) is 14.5. The molecule has 2 N–H and O–H groups in total. The van der Waals surface area contributed by atoms with E-state index >= 15 is 0 Å². The molecule has 19 heavy (non-hydrogen) atoms. The maximum atomic E-state index is 11.9. The summed E-state index contributed by atoms with van der Waals surface area (Å²) in [5.41, 5.74) is 1.33. The third-order valence-electron chi connectivity index (χ3n) is 3.75. The predicted molar refractivity (Wildman–Crippen MR) is 78.4 cm³/mol. The van der Waals surface area contributed by atoms with Crippen molar-refractivity contribution < 1.29 is 9.90 Å². The zero-order valence-corrected chi connectivity index (χ0v) is 12.3. The monoisotopic (exact) mass is 281 g/mol. The molecule has 3 nitrogen and oxygen atoms in total. The molecule has 4 heteroatoms. The summed E-state index contributed by atoms with van der Waals surface area (Å²) in [4.78, 5) is 13.3. The van der Waals surface area contributed by atoms with Crippen molar-refractivity contribution in [2.45, 2.75) is 51.5 Å². The van der Waals surface area contributed by atoms with Crippen LogP contribution in [0.15, 0.2) is 11.4 Å². The lowest BCUT2D eigenvalue weighted by Crippen LogP contribution is -2.37. The van der Waals surface area contributed by atoms with Crippen LogP contribution in [0.5, 0.6) is 0 Å². The van der Waals surface area contributed by atoms with Gasteiger partial charge in [0.1, 0.15) is 0 Å². The average Bonchev–Trinajstić information content (AvgIpc) is 3.14. The van der Waals surface area contributed by atoms with Gasteiger partial charge in [0.25, 0.3) is 0 Å². The molecule has 106 valence electrons.